The topological polar surface area (TPSA) is 93.0 Å². The maximum atomic E-state index is 14.2. The molecule has 0 heterocycles. The normalized spacial score (nSPS) is 13.6. The van der Waals surface area contributed by atoms with Gasteiger partial charge in [-0.25, -0.2) is 4.39 Å². The fourth-order valence-corrected chi connectivity index (χ4v) is 3.88. The predicted molar refractivity (Wildman–Crippen MR) is 125 cm³/mol. The van der Waals surface area contributed by atoms with Gasteiger partial charge in [-0.1, -0.05) is 63.4 Å². The van der Waals surface area contributed by atoms with E-state index in [0.29, 0.717) is 12.0 Å². The lowest BCUT2D eigenvalue weighted by molar-refractivity contribution is -0.0158. The lowest BCUT2D eigenvalue weighted by Gasteiger charge is -2.41. The Kier molecular flexibility index (Phi) is 8.59. The minimum atomic E-state index is -1.95. The van der Waals surface area contributed by atoms with Crippen LogP contribution in [0.1, 0.15) is 73.8 Å². The van der Waals surface area contributed by atoms with Crippen LogP contribution in [0.25, 0.3) is 0 Å². The van der Waals surface area contributed by atoms with Crippen molar-refractivity contribution in [2.24, 2.45) is 5.41 Å². The minimum Gasteiger partial charge on any atom is -0.423 e. The number of benzene rings is 2. The highest BCUT2D eigenvalue weighted by molar-refractivity contribution is 6.58. The minimum absolute atomic E-state index is 0.161. The molecule has 0 spiro atoms. The second kappa shape index (κ2) is 10.6. The molecule has 174 valence electrons. The Morgan fingerprint density at radius 2 is 1.72 bits per heavy atom. The van der Waals surface area contributed by atoms with Gasteiger partial charge in [0.2, 0.25) is 0 Å². The molecule has 0 aromatic heterocycles. The Balaban J connectivity index is 2.46. The van der Waals surface area contributed by atoms with E-state index < -0.39 is 19.2 Å². The van der Waals surface area contributed by atoms with Crippen LogP contribution in [0.5, 0.6) is 0 Å². The maximum Gasteiger partial charge on any atom is 0.491 e. The molecule has 4 N–H and O–H groups in total. The molecule has 1 amide bonds. The number of carbonyl (C=O) groups is 1. The van der Waals surface area contributed by atoms with Gasteiger partial charge in [0.25, 0.3) is 5.91 Å². The molecule has 0 aliphatic rings. The molecule has 0 fully saturated rings. The number of amides is 1. The van der Waals surface area contributed by atoms with Crippen LogP contribution in [0.3, 0.4) is 0 Å². The van der Waals surface area contributed by atoms with E-state index in [1.807, 2.05) is 47.6 Å². The average Bonchev–Trinajstić information content (AvgIpc) is 2.68. The first-order valence-electron chi connectivity index (χ1n) is 10.9. The van der Waals surface area contributed by atoms with Gasteiger partial charge < -0.3 is 15.2 Å². The molecular formula is C24H34BFN2O4. The van der Waals surface area contributed by atoms with E-state index in [4.69, 9.17) is 0 Å². The number of aryl methyl sites for hydroxylation is 2. The van der Waals surface area contributed by atoms with E-state index in [2.05, 4.69) is 5.43 Å². The van der Waals surface area contributed by atoms with Crippen molar-refractivity contribution >= 4 is 18.5 Å². The van der Waals surface area contributed by atoms with E-state index in [-0.39, 0.29) is 28.4 Å². The van der Waals surface area contributed by atoms with Gasteiger partial charge >= 0.3 is 7.12 Å². The van der Waals surface area contributed by atoms with Crippen molar-refractivity contribution in [3.63, 3.8) is 0 Å². The summed E-state index contributed by atoms with van der Waals surface area (Å²) in [6, 6.07) is 8.95. The van der Waals surface area contributed by atoms with Crippen molar-refractivity contribution in [2.75, 3.05) is 0 Å². The zero-order valence-corrected chi connectivity index (χ0v) is 19.7. The molecule has 0 saturated heterocycles. The summed E-state index contributed by atoms with van der Waals surface area (Å²) in [6.45, 7) is 12.0. The van der Waals surface area contributed by atoms with Crippen molar-refractivity contribution in [2.45, 2.75) is 66.7 Å². The van der Waals surface area contributed by atoms with Gasteiger partial charge in [-0.15, -0.1) is 0 Å². The Hall–Kier alpha value is -2.26. The maximum absolute atomic E-state index is 14.2. The Labute approximate surface area is 190 Å². The largest absolute Gasteiger partial charge is 0.491 e. The van der Waals surface area contributed by atoms with Gasteiger partial charge in [0.15, 0.2) is 0 Å². The lowest BCUT2D eigenvalue weighted by Crippen LogP contribution is -2.55. The van der Waals surface area contributed by atoms with Crippen molar-refractivity contribution in [1.29, 1.82) is 0 Å². The summed E-state index contributed by atoms with van der Waals surface area (Å²) in [5.74, 6) is -1.14. The standard InChI is InChI=1S/C24H34BFN2O4/c1-7-8-21(24(4,5)6)28(23(30)18-12-15(2)11-16(3)13-18)27-22(29)17-9-10-19(25(31)32)20(26)14-17/h9-14,21-22,27,29,31-32H,7-8H2,1-6H3/t21-,22?/m1/s1. The summed E-state index contributed by atoms with van der Waals surface area (Å²) in [5.41, 5.74) is 4.87. The molecule has 0 saturated carbocycles. The second-order valence-electron chi connectivity index (χ2n) is 9.41. The van der Waals surface area contributed by atoms with Crippen LogP contribution < -0.4 is 10.9 Å². The molecule has 0 aliphatic carbocycles. The van der Waals surface area contributed by atoms with Crippen molar-refractivity contribution in [3.8, 4) is 0 Å². The van der Waals surface area contributed by atoms with E-state index in [9.17, 15) is 24.3 Å². The van der Waals surface area contributed by atoms with Crippen molar-refractivity contribution in [3.05, 3.63) is 64.5 Å². The summed E-state index contributed by atoms with van der Waals surface area (Å²) >= 11 is 0. The molecule has 0 aliphatic heterocycles. The summed E-state index contributed by atoms with van der Waals surface area (Å²) in [7, 11) is -1.95. The summed E-state index contributed by atoms with van der Waals surface area (Å²) < 4.78 is 14.2. The predicted octanol–water partition coefficient (Wildman–Crippen LogP) is 2.98. The first-order chi connectivity index (χ1) is 14.8. The van der Waals surface area contributed by atoms with E-state index in [1.165, 1.54) is 17.1 Å². The van der Waals surface area contributed by atoms with Crippen LogP contribution in [-0.2, 0) is 0 Å². The number of hydrazine groups is 1. The zero-order chi connectivity index (χ0) is 24.2. The highest BCUT2D eigenvalue weighted by Crippen LogP contribution is 2.29. The number of rotatable bonds is 8. The molecule has 6 nitrogen and oxygen atoms in total. The van der Waals surface area contributed by atoms with Crippen molar-refractivity contribution in [1.82, 2.24) is 10.4 Å². The number of hydrogen-bond donors (Lipinski definition) is 4. The third-order valence-corrected chi connectivity index (χ3v) is 5.44. The van der Waals surface area contributed by atoms with Gasteiger partial charge in [-0.2, -0.15) is 5.43 Å². The van der Waals surface area contributed by atoms with Crippen LogP contribution >= 0.6 is 0 Å². The quantitative estimate of drug-likeness (QED) is 0.286. The fourth-order valence-electron chi connectivity index (χ4n) is 3.88. The fraction of sp³-hybridized carbons (Fsp3) is 0.458. The molecule has 2 rings (SSSR count). The van der Waals surface area contributed by atoms with E-state index in [1.54, 1.807) is 12.1 Å². The number of aliphatic hydroxyl groups excluding tert-OH is 1. The van der Waals surface area contributed by atoms with E-state index in [0.717, 1.165) is 23.6 Å². The Bertz CT molecular complexity index is 926. The SMILES string of the molecule is CCC[C@@H](N(NC(O)c1ccc(B(O)O)c(F)c1)C(=O)c1cc(C)cc(C)c1)C(C)(C)C. The smallest absolute Gasteiger partial charge is 0.423 e. The molecule has 1 unspecified atom stereocenters. The molecule has 0 radical (unpaired) electrons. The number of carbonyl (C=O) groups excluding carboxylic acids is 1. The number of nitrogens with zero attached hydrogens (tertiary/aromatic N) is 1. The first-order valence-corrected chi connectivity index (χ1v) is 10.9. The van der Waals surface area contributed by atoms with Crippen LogP contribution in [0.2, 0.25) is 0 Å². The van der Waals surface area contributed by atoms with Gasteiger partial charge in [-0.3, -0.25) is 9.80 Å². The molecular weight excluding hydrogens is 410 g/mol. The van der Waals surface area contributed by atoms with Crippen LogP contribution in [-0.4, -0.2) is 39.2 Å². The molecule has 0 bridgehead atoms. The number of hydrogen-bond acceptors (Lipinski definition) is 5. The Morgan fingerprint density at radius 3 is 2.19 bits per heavy atom. The number of aliphatic hydroxyl groups is 1. The average molecular weight is 444 g/mol. The van der Waals surface area contributed by atoms with Crippen LogP contribution in [0, 0.1) is 25.1 Å². The third kappa shape index (κ3) is 6.39. The highest BCUT2D eigenvalue weighted by Gasteiger charge is 2.35. The monoisotopic (exact) mass is 444 g/mol. The number of halogens is 1. The zero-order valence-electron chi connectivity index (χ0n) is 19.7. The number of nitrogens with one attached hydrogen (secondary N) is 1. The summed E-state index contributed by atoms with van der Waals surface area (Å²) in [5, 5.41) is 30.7. The highest BCUT2D eigenvalue weighted by atomic mass is 19.1. The second-order valence-corrected chi connectivity index (χ2v) is 9.41. The van der Waals surface area contributed by atoms with Gasteiger partial charge in [0, 0.05) is 11.0 Å². The summed E-state index contributed by atoms with van der Waals surface area (Å²) in [6.07, 6.45) is 0.142. The van der Waals surface area contributed by atoms with Crippen LogP contribution in [0.15, 0.2) is 36.4 Å². The first kappa shape index (κ1) is 26.0. The third-order valence-electron chi connectivity index (χ3n) is 5.44. The molecule has 2 atom stereocenters. The van der Waals surface area contributed by atoms with E-state index >= 15 is 0 Å². The van der Waals surface area contributed by atoms with Crippen molar-refractivity contribution < 1.29 is 24.3 Å². The molecule has 8 heteroatoms. The molecule has 2 aromatic carbocycles. The molecule has 32 heavy (non-hydrogen) atoms. The van der Waals surface area contributed by atoms with Gasteiger partial charge in [0.05, 0.1) is 6.04 Å². The molecule has 2 aromatic rings. The van der Waals surface area contributed by atoms with Gasteiger partial charge in [-0.05, 0) is 49.4 Å². The van der Waals surface area contributed by atoms with Gasteiger partial charge in [0.1, 0.15) is 12.0 Å². The summed E-state index contributed by atoms with van der Waals surface area (Å²) in [4.78, 5) is 13.6. The Morgan fingerprint density at radius 1 is 1.12 bits per heavy atom. The lowest BCUT2D eigenvalue weighted by atomic mass is 9.79. The van der Waals surface area contributed by atoms with Crippen LogP contribution in [0.4, 0.5) is 4.39 Å².